The Morgan fingerprint density at radius 1 is 0.857 bits per heavy atom. The van der Waals surface area contributed by atoms with Crippen LogP contribution in [0.3, 0.4) is 0 Å². The number of unbranched alkanes of at least 4 members (excludes halogenated alkanes) is 5. The van der Waals surface area contributed by atoms with E-state index in [1.54, 1.807) is 0 Å². The van der Waals surface area contributed by atoms with E-state index < -0.39 is 0 Å². The molecule has 0 radical (unpaired) electrons. The summed E-state index contributed by atoms with van der Waals surface area (Å²) in [6.45, 7) is 5.23. The molecule has 1 nitrogen and oxygen atoms in total. The Hall–Kier alpha value is -1.93. The van der Waals surface area contributed by atoms with Crippen molar-refractivity contribution in [1.29, 1.82) is 0 Å². The molecule has 0 spiro atoms. The standard InChI is InChI=1S/C26H34OS/c1-3-5-6-7-8-11-21-27-25-14-10-9-13-23(25)19-20-26(28)24-17-15-22(12-4-2)16-18-24/h9-10,13-20H,3-8,11-12,21H2,1-2H3. The van der Waals surface area contributed by atoms with E-state index in [2.05, 4.69) is 50.3 Å². The van der Waals surface area contributed by atoms with Crippen molar-refractivity contribution >= 4 is 23.2 Å². The van der Waals surface area contributed by atoms with Crippen LogP contribution in [0, 0.1) is 0 Å². The van der Waals surface area contributed by atoms with Crippen molar-refractivity contribution in [1.82, 2.24) is 0 Å². The molecule has 0 heterocycles. The van der Waals surface area contributed by atoms with Crippen molar-refractivity contribution in [3.63, 3.8) is 0 Å². The number of ether oxygens (including phenoxy) is 1. The molecule has 2 rings (SSSR count). The zero-order valence-electron chi connectivity index (χ0n) is 17.5. The molecule has 0 saturated carbocycles. The van der Waals surface area contributed by atoms with Crippen molar-refractivity contribution in [3.8, 4) is 5.75 Å². The molecule has 2 heteroatoms. The summed E-state index contributed by atoms with van der Waals surface area (Å²) in [4.78, 5) is 0.855. The molecule has 2 aromatic rings. The summed E-state index contributed by atoms with van der Waals surface area (Å²) in [6, 6.07) is 16.8. The Bertz CT molecular complexity index is 730. The van der Waals surface area contributed by atoms with Crippen molar-refractivity contribution < 1.29 is 4.74 Å². The molecule has 0 bridgehead atoms. The lowest BCUT2D eigenvalue weighted by atomic mass is 10.1. The van der Waals surface area contributed by atoms with Gasteiger partial charge in [0.05, 0.1) is 6.61 Å². The minimum atomic E-state index is 0.778. The molecule has 0 amide bonds. The van der Waals surface area contributed by atoms with E-state index in [4.69, 9.17) is 17.0 Å². The maximum Gasteiger partial charge on any atom is 0.126 e. The first-order chi connectivity index (χ1) is 13.7. The fourth-order valence-electron chi connectivity index (χ4n) is 3.20. The SMILES string of the molecule is CCCCCCCCOc1ccccc1C=CC(=S)c1ccc(CCC)cc1. The van der Waals surface area contributed by atoms with Gasteiger partial charge in [0.2, 0.25) is 0 Å². The summed E-state index contributed by atoms with van der Waals surface area (Å²) in [5.41, 5.74) is 3.54. The van der Waals surface area contributed by atoms with Gasteiger partial charge in [-0.15, -0.1) is 0 Å². The van der Waals surface area contributed by atoms with Gasteiger partial charge < -0.3 is 4.74 Å². The predicted molar refractivity (Wildman–Crippen MR) is 126 cm³/mol. The summed E-state index contributed by atoms with van der Waals surface area (Å²) in [5, 5.41) is 0. The molecule has 0 atom stereocenters. The average molecular weight is 395 g/mol. The van der Waals surface area contributed by atoms with Crippen LogP contribution in [0.2, 0.25) is 0 Å². The molecule has 0 fully saturated rings. The van der Waals surface area contributed by atoms with E-state index in [1.807, 2.05) is 24.3 Å². The summed E-state index contributed by atoms with van der Waals surface area (Å²) >= 11 is 5.60. The lowest BCUT2D eigenvalue weighted by molar-refractivity contribution is 0.304. The van der Waals surface area contributed by atoms with Crippen molar-refractivity contribution in [2.45, 2.75) is 65.2 Å². The molecule has 0 saturated heterocycles. The van der Waals surface area contributed by atoms with E-state index in [9.17, 15) is 0 Å². The van der Waals surface area contributed by atoms with Gasteiger partial charge >= 0.3 is 0 Å². The summed E-state index contributed by atoms with van der Waals surface area (Å²) < 4.78 is 6.03. The van der Waals surface area contributed by atoms with Gasteiger partial charge in [-0.1, -0.05) is 107 Å². The normalized spacial score (nSPS) is 11.1. The smallest absolute Gasteiger partial charge is 0.126 e. The fourth-order valence-corrected chi connectivity index (χ4v) is 3.40. The van der Waals surface area contributed by atoms with Crippen LogP contribution in [-0.4, -0.2) is 11.5 Å². The Kier molecular flexibility index (Phi) is 10.6. The molecular formula is C26H34OS. The van der Waals surface area contributed by atoms with Crippen LogP contribution in [0.4, 0.5) is 0 Å². The van der Waals surface area contributed by atoms with E-state index >= 15 is 0 Å². The van der Waals surface area contributed by atoms with E-state index in [1.165, 1.54) is 44.1 Å². The van der Waals surface area contributed by atoms with E-state index in [0.29, 0.717) is 0 Å². The topological polar surface area (TPSA) is 9.23 Å². The number of aryl methyl sites for hydroxylation is 1. The van der Waals surface area contributed by atoms with Crippen LogP contribution in [0.15, 0.2) is 54.6 Å². The van der Waals surface area contributed by atoms with Crippen molar-refractivity contribution in [3.05, 3.63) is 71.3 Å². The van der Waals surface area contributed by atoms with Crippen LogP contribution in [0.1, 0.15) is 75.5 Å². The highest BCUT2D eigenvalue weighted by molar-refractivity contribution is 7.81. The molecule has 0 N–H and O–H groups in total. The van der Waals surface area contributed by atoms with Crippen LogP contribution in [0.25, 0.3) is 6.08 Å². The lowest BCUT2D eigenvalue weighted by Crippen LogP contribution is -1.99. The van der Waals surface area contributed by atoms with Crippen molar-refractivity contribution in [2.75, 3.05) is 6.61 Å². The first-order valence-corrected chi connectivity index (χ1v) is 11.2. The third-order valence-corrected chi connectivity index (χ3v) is 5.24. The zero-order valence-corrected chi connectivity index (χ0v) is 18.3. The lowest BCUT2D eigenvalue weighted by Gasteiger charge is -2.09. The molecule has 28 heavy (non-hydrogen) atoms. The molecule has 2 aromatic carbocycles. The second-order valence-corrected chi connectivity index (χ2v) is 7.74. The Balaban J connectivity index is 1.88. The summed E-state index contributed by atoms with van der Waals surface area (Å²) in [5.74, 6) is 0.938. The minimum Gasteiger partial charge on any atom is -0.493 e. The maximum absolute atomic E-state index is 6.03. The number of hydrogen-bond acceptors (Lipinski definition) is 2. The quantitative estimate of drug-likeness (QED) is 0.148. The highest BCUT2D eigenvalue weighted by atomic mass is 32.1. The first kappa shape index (κ1) is 22.4. The van der Waals surface area contributed by atoms with Crippen LogP contribution in [0.5, 0.6) is 5.75 Å². The third kappa shape index (κ3) is 7.98. The van der Waals surface area contributed by atoms with Gasteiger partial charge in [0.25, 0.3) is 0 Å². The molecule has 0 aliphatic heterocycles. The zero-order chi connectivity index (χ0) is 20.0. The predicted octanol–water partition coefficient (Wildman–Crippen LogP) is 7.81. The second-order valence-electron chi connectivity index (χ2n) is 7.30. The Labute approximate surface area is 176 Å². The fraction of sp³-hybridized carbons (Fsp3) is 0.423. The molecular weight excluding hydrogens is 360 g/mol. The monoisotopic (exact) mass is 394 g/mol. The van der Waals surface area contributed by atoms with Gasteiger partial charge in [-0.3, -0.25) is 0 Å². The second kappa shape index (κ2) is 13.3. The summed E-state index contributed by atoms with van der Waals surface area (Å²) in [7, 11) is 0. The van der Waals surface area contributed by atoms with E-state index in [0.717, 1.165) is 41.2 Å². The number of para-hydroxylation sites is 1. The summed E-state index contributed by atoms with van der Waals surface area (Å²) in [6.07, 6.45) is 14.0. The molecule has 0 aromatic heterocycles. The number of rotatable bonds is 13. The number of benzene rings is 2. The minimum absolute atomic E-state index is 0.778. The van der Waals surface area contributed by atoms with Gasteiger partial charge in [-0.25, -0.2) is 0 Å². The maximum atomic E-state index is 6.03. The van der Waals surface area contributed by atoms with Crippen molar-refractivity contribution in [2.24, 2.45) is 0 Å². The van der Waals surface area contributed by atoms with Crippen LogP contribution < -0.4 is 4.74 Å². The Morgan fingerprint density at radius 3 is 2.32 bits per heavy atom. The highest BCUT2D eigenvalue weighted by Gasteiger charge is 2.02. The molecule has 0 aliphatic carbocycles. The Morgan fingerprint density at radius 2 is 1.57 bits per heavy atom. The molecule has 150 valence electrons. The first-order valence-electron chi connectivity index (χ1n) is 10.8. The average Bonchev–Trinajstić information content (AvgIpc) is 2.73. The van der Waals surface area contributed by atoms with Gasteiger partial charge in [-0.05, 0) is 42.2 Å². The van der Waals surface area contributed by atoms with Gasteiger partial charge in [-0.2, -0.15) is 0 Å². The third-order valence-electron chi connectivity index (χ3n) is 4.87. The molecule has 0 unspecified atom stereocenters. The van der Waals surface area contributed by atoms with Gasteiger partial charge in [0.1, 0.15) is 5.75 Å². The van der Waals surface area contributed by atoms with Crippen LogP contribution in [-0.2, 0) is 6.42 Å². The van der Waals surface area contributed by atoms with Gasteiger partial charge in [0.15, 0.2) is 0 Å². The highest BCUT2D eigenvalue weighted by Crippen LogP contribution is 2.21. The number of hydrogen-bond donors (Lipinski definition) is 0. The van der Waals surface area contributed by atoms with Crippen LogP contribution >= 0.6 is 12.2 Å². The molecule has 0 aliphatic rings. The van der Waals surface area contributed by atoms with E-state index in [-0.39, 0.29) is 0 Å². The number of thiocarbonyl (C=S) groups is 1. The van der Waals surface area contributed by atoms with Gasteiger partial charge in [0, 0.05) is 10.4 Å². The largest absolute Gasteiger partial charge is 0.493 e. The number of allylic oxidation sites excluding steroid dienone is 1.